The molecule has 3 atom stereocenters. The van der Waals surface area contributed by atoms with Crippen molar-refractivity contribution < 1.29 is 18.4 Å². The second-order valence-electron chi connectivity index (χ2n) is 8.03. The molecule has 1 saturated carbocycles. The summed E-state index contributed by atoms with van der Waals surface area (Å²) in [7, 11) is 0. The van der Waals surface area contributed by atoms with E-state index >= 15 is 0 Å². The zero-order valence-corrected chi connectivity index (χ0v) is 16.5. The van der Waals surface area contributed by atoms with Crippen molar-refractivity contribution in [3.05, 3.63) is 35.3 Å². The summed E-state index contributed by atoms with van der Waals surface area (Å²) >= 11 is 0. The molecular formula is C21H28FN3O3. The highest BCUT2D eigenvalue weighted by Crippen LogP contribution is 2.33. The van der Waals surface area contributed by atoms with Gasteiger partial charge in [0.05, 0.1) is 6.04 Å². The van der Waals surface area contributed by atoms with Crippen LogP contribution in [0.15, 0.2) is 22.6 Å². The molecule has 0 aliphatic heterocycles. The molecular weight excluding hydrogens is 361 g/mol. The third-order valence-electron chi connectivity index (χ3n) is 5.58. The molecule has 4 N–H and O–H groups in total. The van der Waals surface area contributed by atoms with Crippen molar-refractivity contribution in [2.75, 3.05) is 0 Å². The van der Waals surface area contributed by atoms with Crippen LogP contribution in [0.3, 0.4) is 0 Å². The number of aryl methyl sites for hydroxylation is 1. The van der Waals surface area contributed by atoms with Crippen molar-refractivity contribution in [1.82, 2.24) is 10.6 Å². The highest BCUT2D eigenvalue weighted by molar-refractivity contribution is 5.83. The second-order valence-corrected chi connectivity index (χ2v) is 8.03. The maximum absolute atomic E-state index is 13.6. The van der Waals surface area contributed by atoms with Gasteiger partial charge in [0.25, 0.3) is 0 Å². The van der Waals surface area contributed by atoms with Crippen molar-refractivity contribution in [1.29, 1.82) is 0 Å². The van der Waals surface area contributed by atoms with Crippen LogP contribution in [0.2, 0.25) is 0 Å². The third kappa shape index (κ3) is 4.29. The average Bonchev–Trinajstić information content (AvgIpc) is 2.95. The molecule has 7 heteroatoms. The number of furan rings is 1. The minimum Gasteiger partial charge on any atom is -0.459 e. The van der Waals surface area contributed by atoms with Gasteiger partial charge >= 0.3 is 6.03 Å². The van der Waals surface area contributed by atoms with E-state index in [2.05, 4.69) is 10.6 Å². The van der Waals surface area contributed by atoms with Gasteiger partial charge < -0.3 is 20.8 Å². The number of carbonyl (C=O) groups is 2. The van der Waals surface area contributed by atoms with E-state index in [0.29, 0.717) is 23.2 Å². The van der Waals surface area contributed by atoms with Crippen LogP contribution >= 0.6 is 0 Å². The Morgan fingerprint density at radius 1 is 1.29 bits per heavy atom. The lowest BCUT2D eigenvalue weighted by Gasteiger charge is -2.29. The number of fused-ring (bicyclic) bond motifs is 1. The van der Waals surface area contributed by atoms with Crippen molar-refractivity contribution in [2.24, 2.45) is 17.6 Å². The predicted octanol–water partition coefficient (Wildman–Crippen LogP) is 3.92. The Bertz CT molecular complexity index is 877. The quantitative estimate of drug-likeness (QED) is 0.723. The van der Waals surface area contributed by atoms with Gasteiger partial charge in [-0.15, -0.1) is 0 Å². The molecule has 1 fully saturated rings. The monoisotopic (exact) mass is 389 g/mol. The Kier molecular flexibility index (Phi) is 5.91. The second kappa shape index (κ2) is 8.20. The summed E-state index contributed by atoms with van der Waals surface area (Å²) in [6, 6.07) is 3.67. The predicted molar refractivity (Wildman–Crippen MR) is 105 cm³/mol. The van der Waals surface area contributed by atoms with E-state index in [4.69, 9.17) is 10.2 Å². The Morgan fingerprint density at radius 2 is 2.04 bits per heavy atom. The lowest BCUT2D eigenvalue weighted by Crippen LogP contribution is -2.47. The molecule has 1 heterocycles. The van der Waals surface area contributed by atoms with Gasteiger partial charge in [-0.3, -0.25) is 4.79 Å². The standard InChI is InChI=1S/C21H28FN3O3/c1-11(2)18(19-12(3)16-10-14(22)7-8-17(16)28-19)25-21(27)24-15-6-4-5-13(9-15)20(23)26/h7-8,10-11,13,15,18H,4-6,9H2,1-3H3,(H2,23,26)(H2,24,25,27)/t13-,15-,18+/m1/s1. The largest absolute Gasteiger partial charge is 0.459 e. The van der Waals surface area contributed by atoms with Gasteiger partial charge in [-0.2, -0.15) is 0 Å². The summed E-state index contributed by atoms with van der Waals surface area (Å²) in [6.45, 7) is 5.85. The van der Waals surface area contributed by atoms with Crippen LogP contribution in [0.1, 0.15) is 56.9 Å². The van der Waals surface area contributed by atoms with Gasteiger partial charge in [0, 0.05) is 22.9 Å². The molecule has 0 bridgehead atoms. The van der Waals surface area contributed by atoms with E-state index in [1.165, 1.54) is 12.1 Å². The first-order valence-corrected chi connectivity index (χ1v) is 9.81. The van der Waals surface area contributed by atoms with E-state index in [0.717, 1.165) is 24.8 Å². The first-order chi connectivity index (χ1) is 13.3. The van der Waals surface area contributed by atoms with Crippen LogP contribution in [0.25, 0.3) is 11.0 Å². The fourth-order valence-electron chi connectivity index (χ4n) is 3.99. The molecule has 0 unspecified atom stereocenters. The molecule has 0 saturated heterocycles. The van der Waals surface area contributed by atoms with Crippen LogP contribution in [0, 0.1) is 24.6 Å². The smallest absolute Gasteiger partial charge is 0.315 e. The lowest BCUT2D eigenvalue weighted by molar-refractivity contribution is -0.122. The number of primary amides is 1. The van der Waals surface area contributed by atoms with Crippen molar-refractivity contribution in [3.63, 3.8) is 0 Å². The minimum atomic E-state index is -0.356. The summed E-state index contributed by atoms with van der Waals surface area (Å²) in [5, 5.41) is 6.66. The highest BCUT2D eigenvalue weighted by Gasteiger charge is 2.29. The number of hydrogen-bond donors (Lipinski definition) is 3. The Hall–Kier alpha value is -2.57. The van der Waals surface area contributed by atoms with Crippen LogP contribution in [0.5, 0.6) is 0 Å². The van der Waals surface area contributed by atoms with Gasteiger partial charge in [0.15, 0.2) is 0 Å². The summed E-state index contributed by atoms with van der Waals surface area (Å²) in [4.78, 5) is 24.1. The van der Waals surface area contributed by atoms with E-state index in [1.54, 1.807) is 6.07 Å². The maximum Gasteiger partial charge on any atom is 0.315 e. The molecule has 152 valence electrons. The van der Waals surface area contributed by atoms with Crippen LogP contribution in [-0.2, 0) is 4.79 Å². The molecule has 3 amide bonds. The van der Waals surface area contributed by atoms with Crippen molar-refractivity contribution >= 4 is 22.9 Å². The number of nitrogens with one attached hydrogen (secondary N) is 2. The van der Waals surface area contributed by atoms with Gasteiger partial charge in [-0.05, 0) is 50.3 Å². The fraction of sp³-hybridized carbons (Fsp3) is 0.524. The molecule has 6 nitrogen and oxygen atoms in total. The summed E-state index contributed by atoms with van der Waals surface area (Å²) in [6.07, 6.45) is 3.03. The van der Waals surface area contributed by atoms with Crippen LogP contribution < -0.4 is 16.4 Å². The fourth-order valence-corrected chi connectivity index (χ4v) is 3.99. The lowest BCUT2D eigenvalue weighted by atomic mass is 9.85. The number of halogens is 1. The SMILES string of the molecule is Cc1c([C@@H](NC(=O)N[C@@H]2CCC[C@@H](C(N)=O)C2)C(C)C)oc2ccc(F)cc12. The number of urea groups is 1. The molecule has 3 rings (SSSR count). The molecule has 2 aromatic rings. The normalized spacial score (nSPS) is 20.9. The van der Waals surface area contributed by atoms with Gasteiger partial charge in [0.2, 0.25) is 5.91 Å². The molecule has 1 aromatic heterocycles. The van der Waals surface area contributed by atoms with Crippen molar-refractivity contribution in [3.8, 4) is 0 Å². The Morgan fingerprint density at radius 3 is 2.71 bits per heavy atom. The number of carbonyl (C=O) groups excluding carboxylic acids is 2. The Balaban J connectivity index is 1.74. The number of amides is 3. The summed E-state index contributed by atoms with van der Waals surface area (Å²) in [5.74, 6) is -0.121. The summed E-state index contributed by atoms with van der Waals surface area (Å²) < 4.78 is 19.5. The van der Waals surface area contributed by atoms with E-state index in [1.807, 2.05) is 20.8 Å². The zero-order chi connectivity index (χ0) is 20.4. The van der Waals surface area contributed by atoms with E-state index in [9.17, 15) is 14.0 Å². The zero-order valence-electron chi connectivity index (χ0n) is 16.5. The average molecular weight is 389 g/mol. The third-order valence-corrected chi connectivity index (χ3v) is 5.58. The molecule has 1 aromatic carbocycles. The molecule has 0 spiro atoms. The molecule has 0 radical (unpaired) electrons. The number of hydrogen-bond acceptors (Lipinski definition) is 3. The minimum absolute atomic E-state index is 0.0691. The molecule has 1 aliphatic rings. The topological polar surface area (TPSA) is 97.4 Å². The first-order valence-electron chi connectivity index (χ1n) is 9.81. The van der Waals surface area contributed by atoms with Crippen LogP contribution in [0.4, 0.5) is 9.18 Å². The van der Waals surface area contributed by atoms with Gasteiger partial charge in [0.1, 0.15) is 17.2 Å². The van der Waals surface area contributed by atoms with E-state index in [-0.39, 0.29) is 41.7 Å². The van der Waals surface area contributed by atoms with Crippen LogP contribution in [-0.4, -0.2) is 18.0 Å². The van der Waals surface area contributed by atoms with Gasteiger partial charge in [-0.1, -0.05) is 20.3 Å². The molecule has 28 heavy (non-hydrogen) atoms. The molecule has 1 aliphatic carbocycles. The maximum atomic E-state index is 13.6. The first kappa shape index (κ1) is 20.2. The van der Waals surface area contributed by atoms with Gasteiger partial charge in [-0.25, -0.2) is 9.18 Å². The highest BCUT2D eigenvalue weighted by atomic mass is 19.1. The van der Waals surface area contributed by atoms with Crippen molar-refractivity contribution in [2.45, 2.75) is 58.5 Å². The number of rotatable bonds is 5. The van der Waals surface area contributed by atoms with E-state index < -0.39 is 0 Å². The summed E-state index contributed by atoms with van der Waals surface area (Å²) in [5.41, 5.74) is 6.83. The number of benzene rings is 1. The number of nitrogens with two attached hydrogens (primary N) is 1. The Labute approximate surface area is 164 Å².